The Kier molecular flexibility index (Phi) is 10.0. The number of alkyl halides is 2. The van der Waals surface area contributed by atoms with Crippen LogP contribution in [0.1, 0.15) is 33.4 Å². The van der Waals surface area contributed by atoms with E-state index in [0.717, 1.165) is 24.3 Å². The largest absolute Gasteiger partial charge is 0.451 e. The number of hydrogen-bond acceptors (Lipinski definition) is 9. The molecule has 276 valence electrons. The summed E-state index contributed by atoms with van der Waals surface area (Å²) in [6.07, 6.45) is -0.453. The number of nitrogens with two attached hydrogens (primary N) is 2. The lowest BCUT2D eigenvalue weighted by molar-refractivity contribution is 0.412. The van der Waals surface area contributed by atoms with Crippen LogP contribution in [0.15, 0.2) is 91.2 Å². The minimum Gasteiger partial charge on any atom is -0.451 e. The molecule has 0 saturated carbocycles. The number of anilines is 2. The number of fused-ring (bicyclic) bond motifs is 2. The average Bonchev–Trinajstić information content (AvgIpc) is 3.06. The van der Waals surface area contributed by atoms with Crippen molar-refractivity contribution in [3.63, 3.8) is 0 Å². The molecule has 6 rings (SSSR count). The number of benzene rings is 4. The molecule has 0 aliphatic heterocycles. The summed E-state index contributed by atoms with van der Waals surface area (Å²) in [5, 5.41) is 9.74. The Morgan fingerprint density at radius 3 is 1.36 bits per heavy atom. The normalized spacial score (nSPS) is 12.0. The van der Waals surface area contributed by atoms with Crippen LogP contribution >= 0.6 is 0 Å². The van der Waals surface area contributed by atoms with Crippen molar-refractivity contribution in [1.29, 1.82) is 0 Å². The first-order valence-corrected chi connectivity index (χ1v) is 18.3. The fraction of sp³-hybridized carbons (Fsp3) is 0.118. The van der Waals surface area contributed by atoms with Crippen molar-refractivity contribution in [3.05, 3.63) is 139 Å². The zero-order valence-electron chi connectivity index (χ0n) is 26.9. The summed E-state index contributed by atoms with van der Waals surface area (Å²) in [7, 11) is -8.21. The van der Waals surface area contributed by atoms with E-state index >= 15 is 8.78 Å². The van der Waals surface area contributed by atoms with Crippen molar-refractivity contribution in [2.24, 2.45) is 10.3 Å². The van der Waals surface area contributed by atoms with E-state index < -0.39 is 68.2 Å². The topological polar surface area (TPSA) is 214 Å². The lowest BCUT2D eigenvalue weighted by Gasteiger charge is -2.14. The van der Waals surface area contributed by atoms with E-state index in [0.29, 0.717) is 11.1 Å². The van der Waals surface area contributed by atoms with E-state index in [1.54, 1.807) is 0 Å². The lowest BCUT2D eigenvalue weighted by Crippen LogP contribution is -2.21. The molecule has 0 atom stereocenters. The minimum atomic E-state index is -4.11. The van der Waals surface area contributed by atoms with E-state index in [2.05, 4.69) is 9.44 Å². The van der Waals surface area contributed by atoms with Crippen molar-refractivity contribution in [3.8, 4) is 11.5 Å². The summed E-state index contributed by atoms with van der Waals surface area (Å²) >= 11 is 0. The fourth-order valence-electron chi connectivity index (χ4n) is 5.77. The SMILES string of the molecule is NS(=O)(=O)Nc1cccc(Cc2c(CF)c3cc(F)c(Oc4cc5oc(=O)c(Cc6cccc(NS(N)(=O)=O)c6)c(CF)c5cc4F)cc3oc2=O)c1. The zero-order chi connectivity index (χ0) is 38.2. The Morgan fingerprint density at radius 2 is 1.00 bits per heavy atom. The molecule has 0 radical (unpaired) electrons. The summed E-state index contributed by atoms with van der Waals surface area (Å²) in [6, 6.07) is 15.0. The summed E-state index contributed by atoms with van der Waals surface area (Å²) in [4.78, 5) is 26.1. The predicted molar refractivity (Wildman–Crippen MR) is 187 cm³/mol. The molecule has 0 amide bonds. The second kappa shape index (κ2) is 14.3. The van der Waals surface area contributed by atoms with Gasteiger partial charge < -0.3 is 13.6 Å². The molecule has 0 aliphatic rings. The molecule has 4 aromatic carbocycles. The van der Waals surface area contributed by atoms with E-state index in [-0.39, 0.29) is 68.4 Å². The van der Waals surface area contributed by atoms with Crippen LogP contribution in [-0.2, 0) is 46.6 Å². The molecular weight excluding hydrogens is 749 g/mol. The maximum atomic E-state index is 15.5. The molecule has 6 N–H and O–H groups in total. The molecule has 6 aromatic rings. The first-order valence-electron chi connectivity index (χ1n) is 15.2. The van der Waals surface area contributed by atoms with Crippen LogP contribution in [-0.4, -0.2) is 16.8 Å². The Hall–Kier alpha value is -5.76. The molecule has 0 saturated heterocycles. The summed E-state index contributed by atoms with van der Waals surface area (Å²) in [5.74, 6) is -3.55. The lowest BCUT2D eigenvalue weighted by atomic mass is 9.98. The third kappa shape index (κ3) is 8.33. The van der Waals surface area contributed by atoms with Crippen LogP contribution in [0, 0.1) is 11.6 Å². The van der Waals surface area contributed by atoms with E-state index in [1.807, 2.05) is 0 Å². The Bertz CT molecular complexity index is 2590. The maximum absolute atomic E-state index is 15.5. The molecule has 0 spiro atoms. The highest BCUT2D eigenvalue weighted by Crippen LogP contribution is 2.35. The van der Waals surface area contributed by atoms with Gasteiger partial charge in [-0.05, 0) is 47.5 Å². The number of nitrogens with one attached hydrogen (secondary N) is 2. The van der Waals surface area contributed by atoms with Gasteiger partial charge in [0, 0.05) is 58.0 Å². The number of halogens is 4. The molecule has 2 aromatic heterocycles. The van der Waals surface area contributed by atoms with Crippen molar-refractivity contribution in [2.75, 3.05) is 9.44 Å². The first kappa shape index (κ1) is 37.0. The minimum absolute atomic E-state index is 0.0784. The molecule has 13 nitrogen and oxygen atoms in total. The van der Waals surface area contributed by atoms with Gasteiger partial charge in [0.05, 0.1) is 11.4 Å². The molecule has 0 fully saturated rings. The Balaban J connectivity index is 1.33. The third-order valence-electron chi connectivity index (χ3n) is 7.97. The van der Waals surface area contributed by atoms with E-state index in [1.165, 1.54) is 48.5 Å². The quantitative estimate of drug-likeness (QED) is 0.0934. The summed E-state index contributed by atoms with van der Waals surface area (Å²) in [5.41, 5.74) is -2.49. The highest BCUT2D eigenvalue weighted by atomic mass is 32.2. The molecule has 0 bridgehead atoms. The van der Waals surface area contributed by atoms with Gasteiger partial charge in [-0.3, -0.25) is 9.44 Å². The van der Waals surface area contributed by atoms with Gasteiger partial charge in [0.2, 0.25) is 0 Å². The van der Waals surface area contributed by atoms with Crippen LogP contribution in [0.2, 0.25) is 0 Å². The Labute approximate surface area is 297 Å². The van der Waals surface area contributed by atoms with Gasteiger partial charge in [-0.25, -0.2) is 37.4 Å². The third-order valence-corrected chi connectivity index (χ3v) is 9.01. The van der Waals surface area contributed by atoms with Gasteiger partial charge in [-0.1, -0.05) is 24.3 Å². The highest BCUT2D eigenvalue weighted by molar-refractivity contribution is 7.90. The monoisotopic (exact) mass is 774 g/mol. The van der Waals surface area contributed by atoms with Crippen molar-refractivity contribution in [1.82, 2.24) is 0 Å². The molecule has 0 unspecified atom stereocenters. The van der Waals surface area contributed by atoms with Crippen LogP contribution in [0.25, 0.3) is 21.9 Å². The second-order valence-electron chi connectivity index (χ2n) is 11.7. The number of hydrogen-bond donors (Lipinski definition) is 4. The number of ether oxygens (including phenoxy) is 1. The van der Waals surface area contributed by atoms with E-state index in [9.17, 15) is 35.2 Å². The maximum Gasteiger partial charge on any atom is 0.340 e. The molecule has 2 heterocycles. The Morgan fingerprint density at radius 1 is 0.604 bits per heavy atom. The molecule has 19 heteroatoms. The average molecular weight is 775 g/mol. The van der Waals surface area contributed by atoms with Crippen molar-refractivity contribution in [2.45, 2.75) is 26.2 Å². The second-order valence-corrected chi connectivity index (χ2v) is 14.3. The summed E-state index contributed by atoms with van der Waals surface area (Å²) in [6.45, 7) is -2.44. The predicted octanol–water partition coefficient (Wildman–Crippen LogP) is 5.32. The van der Waals surface area contributed by atoms with Gasteiger partial charge in [-0.2, -0.15) is 16.8 Å². The standard InChI is InChI=1S/C34H26F4N4O9S2/c35-15-25-21-11-27(37)31(13-29(21)50-33(43)23(25)9-17-3-1-5-19(7-17)41-52(39,45)46)49-32-14-30-22(12-28(32)38)26(16-36)24(34(44)51-30)10-18-4-2-6-20(8-18)42-53(40,47)48/h1-8,11-14,41-42H,9-10,15-16H2,(H2,39,45,46)(H2,40,47,48). The van der Waals surface area contributed by atoms with Gasteiger partial charge in [0.25, 0.3) is 20.4 Å². The van der Waals surface area contributed by atoms with Gasteiger partial charge >= 0.3 is 11.3 Å². The summed E-state index contributed by atoms with van der Waals surface area (Å²) < 4.78 is 126. The van der Waals surface area contributed by atoms with Crippen molar-refractivity contribution >= 4 is 53.7 Å². The molecule has 0 aliphatic carbocycles. The molecular formula is C34H26F4N4O9S2. The van der Waals surface area contributed by atoms with Crippen LogP contribution in [0.5, 0.6) is 11.5 Å². The number of rotatable bonds is 12. The van der Waals surface area contributed by atoms with Crippen molar-refractivity contribution < 1.29 is 48.0 Å². The first-order chi connectivity index (χ1) is 25.0. The zero-order valence-corrected chi connectivity index (χ0v) is 28.5. The fourth-order valence-corrected chi connectivity index (χ4v) is 6.68. The van der Waals surface area contributed by atoms with Crippen LogP contribution < -0.4 is 35.7 Å². The highest BCUT2D eigenvalue weighted by Gasteiger charge is 2.22. The van der Waals surface area contributed by atoms with E-state index in [4.69, 9.17) is 23.8 Å². The van der Waals surface area contributed by atoms with Gasteiger partial charge in [0.1, 0.15) is 24.5 Å². The van der Waals surface area contributed by atoms with Crippen LogP contribution in [0.3, 0.4) is 0 Å². The molecule has 53 heavy (non-hydrogen) atoms. The smallest absolute Gasteiger partial charge is 0.340 e. The van der Waals surface area contributed by atoms with Crippen LogP contribution in [0.4, 0.5) is 28.9 Å². The van der Waals surface area contributed by atoms with Gasteiger partial charge in [-0.15, -0.1) is 0 Å². The van der Waals surface area contributed by atoms with Gasteiger partial charge in [0.15, 0.2) is 23.1 Å².